The van der Waals surface area contributed by atoms with Crippen LogP contribution in [0.4, 0.5) is 0 Å². The second-order valence-corrected chi connectivity index (χ2v) is 8.00. The van der Waals surface area contributed by atoms with Gasteiger partial charge in [0.2, 0.25) is 0 Å². The van der Waals surface area contributed by atoms with E-state index in [0.29, 0.717) is 34.7 Å². The Morgan fingerprint density at radius 1 is 1.09 bits per heavy atom. The van der Waals surface area contributed by atoms with E-state index in [9.17, 15) is 10.1 Å². The lowest BCUT2D eigenvalue weighted by Crippen LogP contribution is -2.23. The summed E-state index contributed by atoms with van der Waals surface area (Å²) in [5.74, 6) is 0.614. The van der Waals surface area contributed by atoms with Gasteiger partial charge in [-0.1, -0.05) is 60.2 Å². The van der Waals surface area contributed by atoms with Crippen molar-refractivity contribution in [2.45, 2.75) is 20.1 Å². The number of nitrogens with one attached hydrogen (secondary N) is 1. The number of carbonyl (C=O) groups excluding carboxylic acids is 1. The number of halogens is 1. The number of aryl methyl sites for hydroxylation is 1. The van der Waals surface area contributed by atoms with Gasteiger partial charge >= 0.3 is 0 Å². The fraction of sp³-hybridized carbons (Fsp3) is 0.154. The van der Waals surface area contributed by atoms with Gasteiger partial charge in [0.05, 0.1) is 11.6 Å². The monoisotopic (exact) mass is 490 g/mol. The number of ether oxygens (including phenoxy) is 2. The number of benzene rings is 3. The minimum atomic E-state index is -0.439. The summed E-state index contributed by atoms with van der Waals surface area (Å²) in [6, 6.07) is 23.1. The third-order valence-corrected chi connectivity index (χ3v) is 5.32. The van der Waals surface area contributed by atoms with E-state index in [4.69, 9.17) is 9.47 Å². The van der Waals surface area contributed by atoms with Crippen molar-refractivity contribution in [2.75, 3.05) is 7.11 Å². The summed E-state index contributed by atoms with van der Waals surface area (Å²) in [5, 5.41) is 12.3. The van der Waals surface area contributed by atoms with E-state index < -0.39 is 5.91 Å². The molecule has 3 aromatic rings. The Morgan fingerprint density at radius 2 is 1.81 bits per heavy atom. The molecule has 0 heterocycles. The lowest BCUT2D eigenvalue weighted by atomic mass is 10.1. The van der Waals surface area contributed by atoms with Crippen LogP contribution in [0, 0.1) is 18.3 Å². The number of hydrogen-bond donors (Lipinski definition) is 1. The van der Waals surface area contributed by atoms with Crippen molar-refractivity contribution in [1.29, 1.82) is 5.26 Å². The third kappa shape index (κ3) is 6.22. The Labute approximate surface area is 196 Å². The SMILES string of the molecule is COc1cc(/C=C(/C#N)C(=O)NCc2ccccc2)cc(Br)c1OCc1ccc(C)cc1. The van der Waals surface area contributed by atoms with Crippen LogP contribution in [0.3, 0.4) is 0 Å². The lowest BCUT2D eigenvalue weighted by molar-refractivity contribution is -0.117. The van der Waals surface area contributed by atoms with Gasteiger partial charge in [-0.15, -0.1) is 0 Å². The van der Waals surface area contributed by atoms with Crippen LogP contribution in [0.1, 0.15) is 22.3 Å². The number of methoxy groups -OCH3 is 1. The molecule has 0 spiro atoms. The maximum absolute atomic E-state index is 12.5. The molecule has 162 valence electrons. The average molecular weight is 491 g/mol. The second-order valence-electron chi connectivity index (χ2n) is 7.15. The van der Waals surface area contributed by atoms with Gasteiger partial charge in [0.15, 0.2) is 11.5 Å². The fourth-order valence-electron chi connectivity index (χ4n) is 2.99. The first-order valence-electron chi connectivity index (χ1n) is 10.00. The molecule has 0 aliphatic carbocycles. The maximum Gasteiger partial charge on any atom is 0.262 e. The number of nitrogens with zero attached hydrogens (tertiary/aromatic N) is 1. The maximum atomic E-state index is 12.5. The number of hydrogen-bond acceptors (Lipinski definition) is 4. The van der Waals surface area contributed by atoms with Gasteiger partial charge in [-0.2, -0.15) is 5.26 Å². The van der Waals surface area contributed by atoms with Crippen molar-refractivity contribution >= 4 is 27.9 Å². The van der Waals surface area contributed by atoms with Crippen molar-refractivity contribution in [3.8, 4) is 17.6 Å². The van der Waals surface area contributed by atoms with Gasteiger partial charge in [-0.25, -0.2) is 0 Å². The molecule has 0 bridgehead atoms. The Kier molecular flexibility index (Phi) is 8.07. The summed E-state index contributed by atoms with van der Waals surface area (Å²) in [6.07, 6.45) is 1.53. The number of rotatable bonds is 8. The van der Waals surface area contributed by atoms with Crippen LogP contribution in [0.25, 0.3) is 6.08 Å². The van der Waals surface area contributed by atoms with Crippen molar-refractivity contribution in [3.63, 3.8) is 0 Å². The van der Waals surface area contributed by atoms with Crippen LogP contribution in [0.15, 0.2) is 76.8 Å². The minimum Gasteiger partial charge on any atom is -0.493 e. The Hall–Kier alpha value is -3.56. The van der Waals surface area contributed by atoms with E-state index in [-0.39, 0.29) is 5.57 Å². The predicted octanol–water partition coefficient (Wildman–Crippen LogP) is 5.57. The molecule has 6 heteroatoms. The van der Waals surface area contributed by atoms with Crippen molar-refractivity contribution in [1.82, 2.24) is 5.32 Å². The van der Waals surface area contributed by atoms with Crippen LogP contribution in [0.2, 0.25) is 0 Å². The summed E-state index contributed by atoms with van der Waals surface area (Å²) in [5.41, 5.74) is 3.82. The van der Waals surface area contributed by atoms with E-state index in [1.54, 1.807) is 19.2 Å². The lowest BCUT2D eigenvalue weighted by Gasteiger charge is -2.14. The normalized spacial score (nSPS) is 10.9. The van der Waals surface area contributed by atoms with Crippen LogP contribution in [0.5, 0.6) is 11.5 Å². The number of nitriles is 1. The zero-order valence-corrected chi connectivity index (χ0v) is 19.5. The van der Waals surface area contributed by atoms with Crippen LogP contribution in [-0.2, 0) is 17.9 Å². The van der Waals surface area contributed by atoms with Gasteiger partial charge in [-0.3, -0.25) is 4.79 Å². The first kappa shape index (κ1) is 23.1. The first-order chi connectivity index (χ1) is 15.5. The molecule has 3 rings (SSSR count). The quantitative estimate of drug-likeness (QED) is 0.331. The largest absolute Gasteiger partial charge is 0.493 e. The van der Waals surface area contributed by atoms with Crippen molar-refractivity contribution < 1.29 is 14.3 Å². The molecule has 3 aromatic carbocycles. The number of amides is 1. The molecule has 1 amide bonds. The Morgan fingerprint density at radius 3 is 2.47 bits per heavy atom. The van der Waals surface area contributed by atoms with Crippen molar-refractivity contribution in [3.05, 3.63) is 99.0 Å². The summed E-state index contributed by atoms with van der Waals surface area (Å²) in [7, 11) is 1.55. The highest BCUT2D eigenvalue weighted by Gasteiger charge is 2.14. The predicted molar refractivity (Wildman–Crippen MR) is 128 cm³/mol. The molecule has 0 radical (unpaired) electrons. The molecule has 0 saturated carbocycles. The van der Waals surface area contributed by atoms with Crippen LogP contribution >= 0.6 is 15.9 Å². The van der Waals surface area contributed by atoms with Gasteiger partial charge in [0, 0.05) is 6.54 Å². The topological polar surface area (TPSA) is 71.3 Å². The molecule has 0 aliphatic heterocycles. The van der Waals surface area contributed by atoms with Crippen LogP contribution in [-0.4, -0.2) is 13.0 Å². The molecule has 0 aliphatic rings. The molecule has 5 nitrogen and oxygen atoms in total. The van der Waals surface area contributed by atoms with E-state index in [1.165, 1.54) is 11.6 Å². The summed E-state index contributed by atoms with van der Waals surface area (Å²) in [6.45, 7) is 2.77. The zero-order chi connectivity index (χ0) is 22.9. The fourth-order valence-corrected chi connectivity index (χ4v) is 3.57. The van der Waals surface area contributed by atoms with Gasteiger partial charge in [-0.05, 0) is 57.8 Å². The molecule has 1 N–H and O–H groups in total. The molecule has 0 unspecified atom stereocenters. The van der Waals surface area contributed by atoms with E-state index in [1.807, 2.05) is 67.6 Å². The van der Waals surface area contributed by atoms with Crippen LogP contribution < -0.4 is 14.8 Å². The molecular formula is C26H23BrN2O3. The molecule has 0 fully saturated rings. The molecule has 0 aromatic heterocycles. The summed E-state index contributed by atoms with van der Waals surface area (Å²) < 4.78 is 12.1. The minimum absolute atomic E-state index is 0.00297. The highest BCUT2D eigenvalue weighted by molar-refractivity contribution is 9.10. The molecule has 0 saturated heterocycles. The standard InChI is InChI=1S/C26H23BrN2O3/c1-18-8-10-20(11-9-18)17-32-25-23(27)13-21(14-24(25)31-2)12-22(15-28)26(30)29-16-19-6-4-3-5-7-19/h3-14H,16-17H2,1-2H3,(H,29,30)/b22-12-. The Bertz CT molecular complexity index is 1150. The van der Waals surface area contributed by atoms with Crippen molar-refractivity contribution in [2.24, 2.45) is 0 Å². The first-order valence-corrected chi connectivity index (χ1v) is 10.8. The number of carbonyl (C=O) groups is 1. The van der Waals surface area contributed by atoms with Gasteiger partial charge < -0.3 is 14.8 Å². The van der Waals surface area contributed by atoms with Gasteiger partial charge in [0.1, 0.15) is 18.2 Å². The van der Waals surface area contributed by atoms with Gasteiger partial charge in [0.25, 0.3) is 5.91 Å². The summed E-state index contributed by atoms with van der Waals surface area (Å²) >= 11 is 3.52. The Balaban J connectivity index is 1.75. The smallest absolute Gasteiger partial charge is 0.262 e. The van der Waals surface area contributed by atoms with E-state index in [2.05, 4.69) is 21.2 Å². The van der Waals surface area contributed by atoms with E-state index >= 15 is 0 Å². The average Bonchev–Trinajstić information content (AvgIpc) is 2.81. The van der Waals surface area contributed by atoms with E-state index in [0.717, 1.165) is 11.1 Å². The zero-order valence-electron chi connectivity index (χ0n) is 17.9. The second kappa shape index (κ2) is 11.2. The molecular weight excluding hydrogens is 468 g/mol. The summed E-state index contributed by atoms with van der Waals surface area (Å²) in [4.78, 5) is 12.5. The highest BCUT2D eigenvalue weighted by atomic mass is 79.9. The highest BCUT2D eigenvalue weighted by Crippen LogP contribution is 2.37. The molecule has 32 heavy (non-hydrogen) atoms. The third-order valence-electron chi connectivity index (χ3n) is 4.73. The molecule has 0 atom stereocenters.